The summed E-state index contributed by atoms with van der Waals surface area (Å²) in [5.41, 5.74) is 0. The third kappa shape index (κ3) is 2.67. The van der Waals surface area contributed by atoms with Gasteiger partial charge in [-0.05, 0) is 29.0 Å². The summed E-state index contributed by atoms with van der Waals surface area (Å²) in [5.74, 6) is 0.546. The van der Waals surface area contributed by atoms with Gasteiger partial charge in [-0.1, -0.05) is 17.8 Å². The highest BCUT2D eigenvalue weighted by Crippen LogP contribution is 2.25. The first kappa shape index (κ1) is 12.3. The zero-order valence-corrected chi connectivity index (χ0v) is 11.6. The fourth-order valence-corrected chi connectivity index (χ4v) is 3.38. The van der Waals surface area contributed by atoms with Gasteiger partial charge in [0.05, 0.1) is 10.6 Å². The summed E-state index contributed by atoms with van der Waals surface area (Å²) >= 11 is 2.94. The Morgan fingerprint density at radius 2 is 2.16 bits per heavy atom. The molecule has 0 amide bonds. The summed E-state index contributed by atoms with van der Waals surface area (Å²) in [5, 5.41) is 4.86. The average Bonchev–Trinajstić information content (AvgIpc) is 2.99. The van der Waals surface area contributed by atoms with Crippen molar-refractivity contribution in [2.24, 2.45) is 0 Å². The van der Waals surface area contributed by atoms with Crippen molar-refractivity contribution >= 4 is 39.7 Å². The number of pyridine rings is 2. The number of carbonyl (C=O) groups is 1. The molecular weight excluding hydrogens is 276 g/mol. The van der Waals surface area contributed by atoms with E-state index in [1.54, 1.807) is 18.6 Å². The van der Waals surface area contributed by atoms with Crippen LogP contribution in [0.2, 0.25) is 0 Å². The second kappa shape index (κ2) is 5.50. The van der Waals surface area contributed by atoms with E-state index in [0.717, 1.165) is 20.7 Å². The number of Topliss-reactive ketones (excluding diaryl/α,β-unsaturated/α-hetero) is 1. The highest BCUT2D eigenvalue weighted by molar-refractivity contribution is 8.00. The third-order valence-electron chi connectivity index (χ3n) is 2.67. The van der Waals surface area contributed by atoms with Crippen LogP contribution in [0.4, 0.5) is 0 Å². The zero-order valence-electron chi connectivity index (χ0n) is 9.95. The number of thiophene rings is 1. The van der Waals surface area contributed by atoms with Crippen LogP contribution in [0.3, 0.4) is 0 Å². The Bertz CT molecular complexity index is 705. The summed E-state index contributed by atoms with van der Waals surface area (Å²) in [6.45, 7) is 0. The van der Waals surface area contributed by atoms with Crippen LogP contribution in [0.1, 0.15) is 9.67 Å². The Balaban J connectivity index is 1.81. The first-order valence-corrected chi connectivity index (χ1v) is 7.59. The molecule has 19 heavy (non-hydrogen) atoms. The lowest BCUT2D eigenvalue weighted by molar-refractivity contribution is 0.102. The van der Waals surface area contributed by atoms with Gasteiger partial charge in [0.15, 0.2) is 5.78 Å². The van der Waals surface area contributed by atoms with Gasteiger partial charge >= 0.3 is 0 Å². The van der Waals surface area contributed by atoms with E-state index in [1.807, 2.05) is 29.6 Å². The number of fused-ring (bicyclic) bond motifs is 1. The number of hydrogen-bond acceptors (Lipinski definition) is 5. The smallest absolute Gasteiger partial charge is 0.183 e. The molecule has 0 unspecified atom stereocenters. The number of ketones is 1. The van der Waals surface area contributed by atoms with Crippen LogP contribution in [0.5, 0.6) is 0 Å². The molecule has 0 spiro atoms. The Morgan fingerprint density at radius 3 is 3.00 bits per heavy atom. The first-order chi connectivity index (χ1) is 9.34. The van der Waals surface area contributed by atoms with E-state index in [2.05, 4.69) is 9.97 Å². The lowest BCUT2D eigenvalue weighted by atomic mass is 10.2. The average molecular weight is 286 g/mol. The highest BCUT2D eigenvalue weighted by Gasteiger charge is 2.09. The van der Waals surface area contributed by atoms with Gasteiger partial charge in [0.2, 0.25) is 0 Å². The molecule has 3 aromatic heterocycles. The number of aromatic nitrogens is 2. The molecule has 3 nitrogen and oxygen atoms in total. The molecule has 0 aliphatic carbocycles. The van der Waals surface area contributed by atoms with Crippen LogP contribution in [0.15, 0.2) is 53.3 Å². The molecule has 0 fully saturated rings. The van der Waals surface area contributed by atoms with Crippen LogP contribution in [-0.4, -0.2) is 21.5 Å². The quantitative estimate of drug-likeness (QED) is 0.542. The lowest BCUT2D eigenvalue weighted by Crippen LogP contribution is -1.99. The van der Waals surface area contributed by atoms with E-state index >= 15 is 0 Å². The molecule has 0 N–H and O–H groups in total. The van der Waals surface area contributed by atoms with Gasteiger partial charge in [-0.25, -0.2) is 4.98 Å². The number of thioether (sulfide) groups is 1. The number of rotatable bonds is 4. The summed E-state index contributed by atoms with van der Waals surface area (Å²) in [7, 11) is 0. The van der Waals surface area contributed by atoms with Crippen molar-refractivity contribution in [3.05, 3.63) is 53.1 Å². The largest absolute Gasteiger partial charge is 0.292 e. The summed E-state index contributed by atoms with van der Waals surface area (Å²) < 4.78 is 0. The van der Waals surface area contributed by atoms with Crippen LogP contribution in [0, 0.1) is 0 Å². The third-order valence-corrected chi connectivity index (χ3v) is 4.58. The van der Waals surface area contributed by atoms with Gasteiger partial charge in [0.1, 0.15) is 5.03 Å². The Kier molecular flexibility index (Phi) is 3.57. The maximum atomic E-state index is 12.0. The predicted molar refractivity (Wildman–Crippen MR) is 78.9 cm³/mol. The van der Waals surface area contributed by atoms with E-state index in [4.69, 9.17) is 0 Å². The second-order valence-electron chi connectivity index (χ2n) is 3.90. The molecule has 0 bridgehead atoms. The molecule has 3 rings (SSSR count). The zero-order chi connectivity index (χ0) is 13.1. The minimum atomic E-state index is 0.141. The van der Waals surface area contributed by atoms with Gasteiger partial charge in [0, 0.05) is 24.0 Å². The van der Waals surface area contributed by atoms with Crippen LogP contribution in [-0.2, 0) is 0 Å². The number of nitrogens with zero attached hydrogens (tertiary/aromatic N) is 2. The molecule has 3 heterocycles. The van der Waals surface area contributed by atoms with Gasteiger partial charge in [-0.3, -0.25) is 9.78 Å². The Morgan fingerprint density at radius 1 is 1.26 bits per heavy atom. The summed E-state index contributed by atoms with van der Waals surface area (Å²) in [6.07, 6.45) is 5.31. The minimum absolute atomic E-state index is 0.141. The van der Waals surface area contributed by atoms with Crippen molar-refractivity contribution in [3.63, 3.8) is 0 Å². The van der Waals surface area contributed by atoms with Gasteiger partial charge in [0.25, 0.3) is 0 Å². The molecule has 0 aliphatic heterocycles. The van der Waals surface area contributed by atoms with Crippen LogP contribution < -0.4 is 0 Å². The fraction of sp³-hybridized carbons (Fsp3) is 0.0714. The Labute approximate surface area is 118 Å². The highest BCUT2D eigenvalue weighted by atomic mass is 32.2. The lowest BCUT2D eigenvalue weighted by Gasteiger charge is -2.03. The second-order valence-corrected chi connectivity index (χ2v) is 5.81. The molecular formula is C14H10N2OS2. The monoisotopic (exact) mass is 286 g/mol. The summed E-state index contributed by atoms with van der Waals surface area (Å²) in [6, 6.07) is 7.64. The fourth-order valence-electron chi connectivity index (χ4n) is 1.74. The van der Waals surface area contributed by atoms with Crippen molar-refractivity contribution in [3.8, 4) is 0 Å². The van der Waals surface area contributed by atoms with Gasteiger partial charge in [-0.15, -0.1) is 11.3 Å². The summed E-state index contributed by atoms with van der Waals surface area (Å²) in [4.78, 5) is 21.2. The van der Waals surface area contributed by atoms with Gasteiger partial charge in [-0.2, -0.15) is 0 Å². The van der Waals surface area contributed by atoms with Crippen molar-refractivity contribution in [1.82, 2.24) is 9.97 Å². The number of carbonyl (C=O) groups excluding carboxylic acids is 1. The van der Waals surface area contributed by atoms with E-state index < -0.39 is 0 Å². The van der Waals surface area contributed by atoms with Crippen LogP contribution in [0.25, 0.3) is 10.8 Å². The Hall–Kier alpha value is -1.72. The molecule has 3 aromatic rings. The number of hydrogen-bond donors (Lipinski definition) is 0. The minimum Gasteiger partial charge on any atom is -0.292 e. The standard InChI is InChI=1S/C14H10N2OS2/c17-12(13-2-1-7-18-13)9-19-14-11-8-15-5-3-10(11)4-6-16-14/h1-8H,9H2. The van der Waals surface area contributed by atoms with E-state index in [1.165, 1.54) is 23.1 Å². The maximum Gasteiger partial charge on any atom is 0.183 e. The normalized spacial score (nSPS) is 10.7. The topological polar surface area (TPSA) is 42.9 Å². The molecule has 0 atom stereocenters. The molecule has 0 aliphatic rings. The molecule has 0 radical (unpaired) electrons. The predicted octanol–water partition coefficient (Wildman–Crippen LogP) is 3.67. The first-order valence-electron chi connectivity index (χ1n) is 5.73. The van der Waals surface area contributed by atoms with E-state index in [9.17, 15) is 4.79 Å². The molecule has 0 saturated carbocycles. The maximum absolute atomic E-state index is 12.0. The molecule has 5 heteroatoms. The van der Waals surface area contributed by atoms with Crippen LogP contribution >= 0.6 is 23.1 Å². The molecule has 94 valence electrons. The van der Waals surface area contributed by atoms with Crippen molar-refractivity contribution in [1.29, 1.82) is 0 Å². The SMILES string of the molecule is O=C(CSc1nccc2ccncc12)c1cccs1. The van der Waals surface area contributed by atoms with Gasteiger partial charge < -0.3 is 0 Å². The van der Waals surface area contributed by atoms with Crippen molar-refractivity contribution in [2.45, 2.75) is 5.03 Å². The van der Waals surface area contributed by atoms with Crippen molar-refractivity contribution in [2.75, 3.05) is 5.75 Å². The molecule has 0 aromatic carbocycles. The van der Waals surface area contributed by atoms with Crippen molar-refractivity contribution < 1.29 is 4.79 Å². The molecule has 0 saturated heterocycles. The van der Waals surface area contributed by atoms with E-state index in [-0.39, 0.29) is 5.78 Å². The van der Waals surface area contributed by atoms with E-state index in [0.29, 0.717) is 5.75 Å².